The van der Waals surface area contributed by atoms with Gasteiger partial charge >= 0.3 is 6.03 Å². The van der Waals surface area contributed by atoms with E-state index < -0.39 is 0 Å². The molecule has 3 rings (SSSR count). The van der Waals surface area contributed by atoms with Crippen molar-refractivity contribution >= 4 is 49.3 Å². The highest BCUT2D eigenvalue weighted by atomic mass is 79.9. The van der Waals surface area contributed by atoms with Gasteiger partial charge in [0.15, 0.2) is 0 Å². The summed E-state index contributed by atoms with van der Waals surface area (Å²) in [6.07, 6.45) is 0.854. The van der Waals surface area contributed by atoms with Crippen molar-refractivity contribution in [1.29, 1.82) is 0 Å². The van der Waals surface area contributed by atoms with Crippen LogP contribution in [0.15, 0.2) is 33.2 Å². The molecule has 1 aliphatic heterocycles. The van der Waals surface area contributed by atoms with Crippen molar-refractivity contribution in [3.05, 3.63) is 44.5 Å². The van der Waals surface area contributed by atoms with Gasteiger partial charge in [0.1, 0.15) is 5.69 Å². The standard InChI is InChI=1S/C20H24Br2N4O2/c1-4-14-11-17(19(28-3)23-13(14)2)24-20(27)26-9-7-25(8-10-26)18-6-5-15(21)12-16(18)22/h5-6,11-12H,4,7-10H2,1-3H3,(H,24,27). The number of aromatic nitrogens is 1. The molecule has 150 valence electrons. The monoisotopic (exact) mass is 510 g/mol. The second-order valence-corrected chi connectivity index (χ2v) is 8.41. The SMILES string of the molecule is CCc1cc(NC(=O)N2CCN(c3ccc(Br)cc3Br)CC2)c(OC)nc1C. The Morgan fingerprint density at radius 1 is 1.21 bits per heavy atom. The summed E-state index contributed by atoms with van der Waals surface area (Å²) in [5, 5.41) is 2.97. The third-order valence-electron chi connectivity index (χ3n) is 4.92. The molecule has 0 unspecified atom stereocenters. The summed E-state index contributed by atoms with van der Waals surface area (Å²) in [7, 11) is 1.57. The van der Waals surface area contributed by atoms with Crippen molar-refractivity contribution in [3.63, 3.8) is 0 Å². The number of benzene rings is 1. The predicted octanol–water partition coefficient (Wildman–Crippen LogP) is 4.84. The molecule has 2 aromatic rings. The molecule has 28 heavy (non-hydrogen) atoms. The predicted molar refractivity (Wildman–Crippen MR) is 120 cm³/mol. The Morgan fingerprint density at radius 2 is 1.93 bits per heavy atom. The van der Waals surface area contributed by atoms with Gasteiger partial charge in [-0.15, -0.1) is 0 Å². The number of ether oxygens (including phenoxy) is 1. The van der Waals surface area contributed by atoms with Crippen LogP contribution in [0.1, 0.15) is 18.2 Å². The highest BCUT2D eigenvalue weighted by Gasteiger charge is 2.23. The Morgan fingerprint density at radius 3 is 2.54 bits per heavy atom. The van der Waals surface area contributed by atoms with Crippen LogP contribution < -0.4 is 15.0 Å². The zero-order valence-corrected chi connectivity index (χ0v) is 19.4. The van der Waals surface area contributed by atoms with Gasteiger partial charge in [0, 0.05) is 40.8 Å². The summed E-state index contributed by atoms with van der Waals surface area (Å²) in [4.78, 5) is 21.3. The van der Waals surface area contributed by atoms with E-state index in [9.17, 15) is 4.79 Å². The number of halogens is 2. The molecule has 1 saturated heterocycles. The smallest absolute Gasteiger partial charge is 0.322 e. The first kappa shape index (κ1) is 20.9. The fourth-order valence-electron chi connectivity index (χ4n) is 3.31. The van der Waals surface area contributed by atoms with Gasteiger partial charge in [-0.2, -0.15) is 0 Å². The summed E-state index contributed by atoms with van der Waals surface area (Å²) in [5.41, 5.74) is 3.78. The second kappa shape index (κ2) is 9.13. The Bertz CT molecular complexity index is 868. The summed E-state index contributed by atoms with van der Waals surface area (Å²) in [6.45, 7) is 6.87. The summed E-state index contributed by atoms with van der Waals surface area (Å²) < 4.78 is 7.43. The molecular formula is C20H24Br2N4O2. The number of aryl methyl sites for hydroxylation is 2. The second-order valence-electron chi connectivity index (χ2n) is 6.64. The van der Waals surface area contributed by atoms with Gasteiger partial charge in [-0.1, -0.05) is 22.9 Å². The van der Waals surface area contributed by atoms with Crippen LogP contribution in [-0.2, 0) is 6.42 Å². The number of rotatable bonds is 4. The van der Waals surface area contributed by atoms with E-state index in [1.165, 1.54) is 0 Å². The van der Waals surface area contributed by atoms with E-state index in [4.69, 9.17) is 4.74 Å². The van der Waals surface area contributed by atoms with Crippen LogP contribution >= 0.6 is 31.9 Å². The highest BCUT2D eigenvalue weighted by molar-refractivity contribution is 9.11. The number of amides is 2. The van der Waals surface area contributed by atoms with Gasteiger partial charge in [-0.3, -0.25) is 0 Å². The van der Waals surface area contributed by atoms with Crippen molar-refractivity contribution in [2.45, 2.75) is 20.3 Å². The molecule has 0 atom stereocenters. The van der Waals surface area contributed by atoms with Crippen LogP contribution in [0.4, 0.5) is 16.2 Å². The first-order valence-electron chi connectivity index (χ1n) is 9.23. The molecule has 0 aliphatic carbocycles. The van der Waals surface area contributed by atoms with Gasteiger partial charge in [-0.05, 0) is 59.1 Å². The maximum absolute atomic E-state index is 12.8. The first-order valence-corrected chi connectivity index (χ1v) is 10.8. The van der Waals surface area contributed by atoms with E-state index in [2.05, 4.69) is 60.1 Å². The Labute approximate surface area is 182 Å². The van der Waals surface area contributed by atoms with Gasteiger partial charge < -0.3 is 19.9 Å². The van der Waals surface area contributed by atoms with E-state index in [1.54, 1.807) is 7.11 Å². The molecule has 0 bridgehead atoms. The van der Waals surface area contributed by atoms with Crippen LogP contribution in [0, 0.1) is 6.92 Å². The van der Waals surface area contributed by atoms with Crippen LogP contribution in [-0.4, -0.2) is 49.2 Å². The number of piperazine rings is 1. The van der Waals surface area contributed by atoms with Crippen LogP contribution in [0.3, 0.4) is 0 Å². The van der Waals surface area contributed by atoms with E-state index in [1.807, 2.05) is 30.0 Å². The fraction of sp³-hybridized carbons (Fsp3) is 0.400. The zero-order chi connectivity index (χ0) is 20.3. The zero-order valence-electron chi connectivity index (χ0n) is 16.3. The van der Waals surface area contributed by atoms with E-state index in [-0.39, 0.29) is 6.03 Å². The van der Waals surface area contributed by atoms with E-state index in [0.29, 0.717) is 24.7 Å². The van der Waals surface area contributed by atoms with Gasteiger partial charge in [0.25, 0.3) is 0 Å². The number of anilines is 2. The quantitative estimate of drug-likeness (QED) is 0.638. The van der Waals surface area contributed by atoms with E-state index in [0.717, 1.165) is 45.4 Å². The molecule has 8 heteroatoms. The number of hydrogen-bond donors (Lipinski definition) is 1. The largest absolute Gasteiger partial charge is 0.480 e. The van der Waals surface area contributed by atoms with Crippen LogP contribution in [0.25, 0.3) is 0 Å². The maximum Gasteiger partial charge on any atom is 0.322 e. The van der Waals surface area contributed by atoms with Crippen molar-refractivity contribution in [2.24, 2.45) is 0 Å². The molecular weight excluding hydrogens is 488 g/mol. The Balaban J connectivity index is 1.66. The van der Waals surface area contributed by atoms with E-state index >= 15 is 0 Å². The minimum atomic E-state index is -0.125. The number of hydrogen-bond acceptors (Lipinski definition) is 4. The highest BCUT2D eigenvalue weighted by Crippen LogP contribution is 2.30. The number of nitrogens with one attached hydrogen (secondary N) is 1. The maximum atomic E-state index is 12.8. The molecule has 1 aromatic carbocycles. The average molecular weight is 512 g/mol. The topological polar surface area (TPSA) is 57.7 Å². The lowest BCUT2D eigenvalue weighted by atomic mass is 10.1. The lowest BCUT2D eigenvalue weighted by molar-refractivity contribution is 0.208. The van der Waals surface area contributed by atoms with Crippen molar-refractivity contribution in [1.82, 2.24) is 9.88 Å². The molecule has 1 fully saturated rings. The lowest BCUT2D eigenvalue weighted by Crippen LogP contribution is -2.50. The molecule has 1 aliphatic rings. The lowest BCUT2D eigenvalue weighted by Gasteiger charge is -2.36. The molecule has 0 saturated carbocycles. The molecule has 1 aromatic heterocycles. The Hall–Kier alpha value is -1.80. The molecule has 2 amide bonds. The van der Waals surface area contributed by atoms with Crippen LogP contribution in [0.2, 0.25) is 0 Å². The summed E-state index contributed by atoms with van der Waals surface area (Å²) in [5.74, 6) is 0.445. The normalized spacial score (nSPS) is 14.2. The number of pyridine rings is 1. The van der Waals surface area contributed by atoms with Crippen molar-refractivity contribution in [2.75, 3.05) is 43.5 Å². The molecule has 2 heterocycles. The van der Waals surface area contributed by atoms with Gasteiger partial charge in [0.05, 0.1) is 12.8 Å². The first-order chi connectivity index (χ1) is 13.4. The number of carbonyl (C=O) groups excluding carboxylic acids is 1. The Kier molecular flexibility index (Phi) is 6.82. The molecule has 1 N–H and O–H groups in total. The van der Waals surface area contributed by atoms with Crippen molar-refractivity contribution < 1.29 is 9.53 Å². The average Bonchev–Trinajstić information content (AvgIpc) is 2.69. The molecule has 0 radical (unpaired) electrons. The third-order valence-corrected chi connectivity index (χ3v) is 6.04. The number of nitrogens with zero attached hydrogens (tertiary/aromatic N) is 3. The summed E-state index contributed by atoms with van der Waals surface area (Å²) >= 11 is 7.10. The van der Waals surface area contributed by atoms with Crippen molar-refractivity contribution in [3.8, 4) is 5.88 Å². The van der Waals surface area contributed by atoms with Crippen LogP contribution in [0.5, 0.6) is 5.88 Å². The number of carbonyl (C=O) groups is 1. The van der Waals surface area contributed by atoms with Gasteiger partial charge in [-0.25, -0.2) is 9.78 Å². The minimum absolute atomic E-state index is 0.125. The number of methoxy groups -OCH3 is 1. The third kappa shape index (κ3) is 4.60. The molecule has 0 spiro atoms. The fourth-order valence-corrected chi connectivity index (χ4v) is 4.61. The molecule has 6 nitrogen and oxygen atoms in total. The number of urea groups is 1. The minimum Gasteiger partial charge on any atom is -0.480 e. The van der Waals surface area contributed by atoms with Gasteiger partial charge in [0.2, 0.25) is 5.88 Å². The summed E-state index contributed by atoms with van der Waals surface area (Å²) in [6, 6.07) is 7.98.